The molecule has 1 atom stereocenters. The molecule has 0 amide bonds. The van der Waals surface area contributed by atoms with Gasteiger partial charge in [-0.3, -0.25) is 0 Å². The van der Waals surface area contributed by atoms with Gasteiger partial charge in [0.2, 0.25) is 5.82 Å². The molecule has 3 heterocycles. The zero-order valence-corrected chi connectivity index (χ0v) is 19.0. The minimum atomic E-state index is -0.427. The first-order valence-corrected chi connectivity index (χ1v) is 11.1. The molecule has 4 aromatic rings. The Morgan fingerprint density at radius 3 is 2.58 bits per heavy atom. The van der Waals surface area contributed by atoms with E-state index in [9.17, 15) is 10.1 Å². The van der Waals surface area contributed by atoms with Crippen molar-refractivity contribution < 1.29 is 4.92 Å². The smallest absolute Gasteiger partial charge is 0.328 e. The molecule has 1 N–H and O–H groups in total. The maximum Gasteiger partial charge on any atom is 0.328 e. The fraction of sp³-hybridized carbons (Fsp3) is 0.409. The molecule has 11 heteroatoms. The summed E-state index contributed by atoms with van der Waals surface area (Å²) < 4.78 is 3.49. The van der Waals surface area contributed by atoms with Gasteiger partial charge < -0.3 is 10.1 Å². The highest BCUT2D eigenvalue weighted by Gasteiger charge is 2.24. The average molecular weight is 450 g/mol. The van der Waals surface area contributed by atoms with E-state index in [0.29, 0.717) is 23.8 Å². The Labute approximate surface area is 191 Å². The molecule has 0 aliphatic carbocycles. The summed E-state index contributed by atoms with van der Waals surface area (Å²) in [5, 5.41) is 30.2. The largest absolute Gasteiger partial charge is 0.358 e. The van der Waals surface area contributed by atoms with Crippen molar-refractivity contribution in [2.24, 2.45) is 0 Å². The van der Waals surface area contributed by atoms with Gasteiger partial charge in [0, 0.05) is 18.4 Å². The standard InChI is InChI=1S/C22H27N9O2/c1-4-6-7-19-23-21(15(3)5-2)26-29(19)14-16-8-10-17(11-9-16)30-18(22-24-27-28-25-22)12-13-20(30)31(32)33/h8-13,15H,4-7,14H2,1-3H3,(H,24,25,27,28). The molecule has 0 bridgehead atoms. The second kappa shape index (κ2) is 9.72. The summed E-state index contributed by atoms with van der Waals surface area (Å²) in [6, 6.07) is 10.7. The third-order valence-electron chi connectivity index (χ3n) is 5.72. The van der Waals surface area contributed by atoms with Gasteiger partial charge in [0.15, 0.2) is 11.5 Å². The molecular formula is C22H27N9O2. The molecule has 0 aliphatic rings. The van der Waals surface area contributed by atoms with Crippen molar-refractivity contribution in [3.8, 4) is 17.2 Å². The molecule has 0 saturated heterocycles. The lowest BCUT2D eigenvalue weighted by atomic mass is 10.1. The van der Waals surface area contributed by atoms with Crippen molar-refractivity contribution in [3.63, 3.8) is 0 Å². The number of benzene rings is 1. The number of rotatable bonds is 10. The van der Waals surface area contributed by atoms with Gasteiger partial charge in [0.25, 0.3) is 0 Å². The third-order valence-corrected chi connectivity index (χ3v) is 5.72. The number of aromatic nitrogens is 8. The van der Waals surface area contributed by atoms with Gasteiger partial charge in [0.05, 0.1) is 6.54 Å². The monoisotopic (exact) mass is 449 g/mol. The molecule has 0 fully saturated rings. The molecule has 33 heavy (non-hydrogen) atoms. The number of unbranched alkanes of at least 4 members (excludes halogenated alkanes) is 1. The first-order valence-electron chi connectivity index (χ1n) is 11.1. The van der Waals surface area contributed by atoms with Crippen LogP contribution in [0.2, 0.25) is 0 Å². The average Bonchev–Trinajstić information content (AvgIpc) is 3.57. The zero-order chi connectivity index (χ0) is 23.4. The van der Waals surface area contributed by atoms with E-state index in [-0.39, 0.29) is 11.6 Å². The SMILES string of the molecule is CCCCc1nc(C(C)CC)nn1Cc1ccc(-n2c(-c3nn[nH]n3)ccc2[N+](=O)[O-])cc1. The fourth-order valence-electron chi connectivity index (χ4n) is 3.64. The van der Waals surface area contributed by atoms with Crippen LogP contribution in [0.25, 0.3) is 17.2 Å². The maximum absolute atomic E-state index is 11.6. The van der Waals surface area contributed by atoms with Crippen LogP contribution in [0.4, 0.5) is 5.82 Å². The fourth-order valence-corrected chi connectivity index (χ4v) is 3.64. The van der Waals surface area contributed by atoms with E-state index in [2.05, 4.69) is 41.4 Å². The highest BCUT2D eigenvalue weighted by Crippen LogP contribution is 2.28. The van der Waals surface area contributed by atoms with Crippen LogP contribution in [0.15, 0.2) is 36.4 Å². The summed E-state index contributed by atoms with van der Waals surface area (Å²) in [6.07, 6.45) is 4.04. The number of nitrogens with one attached hydrogen (secondary N) is 1. The van der Waals surface area contributed by atoms with E-state index in [4.69, 9.17) is 10.1 Å². The third kappa shape index (κ3) is 4.66. The van der Waals surface area contributed by atoms with Gasteiger partial charge in [0.1, 0.15) is 11.5 Å². The normalized spacial score (nSPS) is 12.2. The van der Waals surface area contributed by atoms with Gasteiger partial charge in [-0.25, -0.2) is 9.67 Å². The number of H-pyrrole nitrogens is 1. The van der Waals surface area contributed by atoms with Gasteiger partial charge in [-0.1, -0.05) is 39.3 Å². The summed E-state index contributed by atoms with van der Waals surface area (Å²) in [6.45, 7) is 7.04. The summed E-state index contributed by atoms with van der Waals surface area (Å²) in [7, 11) is 0. The first-order chi connectivity index (χ1) is 16.0. The Bertz CT molecular complexity index is 1210. The quantitative estimate of drug-likeness (QED) is 0.285. The van der Waals surface area contributed by atoms with Crippen LogP contribution in [0.3, 0.4) is 0 Å². The van der Waals surface area contributed by atoms with Gasteiger partial charge in [-0.2, -0.15) is 14.9 Å². The van der Waals surface area contributed by atoms with Crippen LogP contribution in [0, 0.1) is 10.1 Å². The number of tetrazole rings is 1. The molecule has 0 spiro atoms. The lowest BCUT2D eigenvalue weighted by molar-refractivity contribution is -0.390. The second-order valence-corrected chi connectivity index (χ2v) is 8.03. The Hall–Kier alpha value is -3.89. The number of hydrogen-bond donors (Lipinski definition) is 1. The molecule has 0 radical (unpaired) electrons. The number of hydrogen-bond acceptors (Lipinski definition) is 7. The first kappa shape index (κ1) is 22.3. The molecule has 0 aliphatic heterocycles. The van der Waals surface area contributed by atoms with E-state index in [1.165, 1.54) is 10.6 Å². The molecule has 0 saturated carbocycles. The van der Waals surface area contributed by atoms with Crippen LogP contribution in [0.1, 0.15) is 63.2 Å². The van der Waals surface area contributed by atoms with Crippen LogP contribution < -0.4 is 0 Å². The summed E-state index contributed by atoms with van der Waals surface area (Å²) in [5.41, 5.74) is 2.16. The van der Waals surface area contributed by atoms with Crippen molar-refractivity contribution in [2.75, 3.05) is 0 Å². The van der Waals surface area contributed by atoms with E-state index >= 15 is 0 Å². The van der Waals surface area contributed by atoms with Gasteiger partial charge in [-0.15, -0.1) is 10.2 Å². The summed E-state index contributed by atoms with van der Waals surface area (Å²) in [5.74, 6) is 2.41. The lowest BCUT2D eigenvalue weighted by Gasteiger charge is -2.08. The Balaban J connectivity index is 1.64. The predicted molar refractivity (Wildman–Crippen MR) is 122 cm³/mol. The Morgan fingerprint density at radius 2 is 1.94 bits per heavy atom. The van der Waals surface area contributed by atoms with E-state index < -0.39 is 4.92 Å². The van der Waals surface area contributed by atoms with E-state index in [1.807, 2.05) is 28.9 Å². The minimum Gasteiger partial charge on any atom is -0.358 e. The van der Waals surface area contributed by atoms with E-state index in [0.717, 1.165) is 42.9 Å². The number of aromatic amines is 1. The highest BCUT2D eigenvalue weighted by atomic mass is 16.6. The van der Waals surface area contributed by atoms with Gasteiger partial charge in [-0.05, 0) is 46.7 Å². The molecule has 1 aromatic carbocycles. The number of aryl methyl sites for hydroxylation is 1. The minimum absolute atomic E-state index is 0.0705. The molecule has 4 rings (SSSR count). The summed E-state index contributed by atoms with van der Waals surface area (Å²) >= 11 is 0. The van der Waals surface area contributed by atoms with Crippen LogP contribution in [-0.2, 0) is 13.0 Å². The summed E-state index contributed by atoms with van der Waals surface area (Å²) in [4.78, 5) is 16.0. The van der Waals surface area contributed by atoms with E-state index in [1.54, 1.807) is 6.07 Å². The topological polar surface area (TPSA) is 133 Å². The highest BCUT2D eigenvalue weighted by molar-refractivity contribution is 5.60. The lowest BCUT2D eigenvalue weighted by Crippen LogP contribution is -2.08. The molecule has 172 valence electrons. The Morgan fingerprint density at radius 1 is 1.15 bits per heavy atom. The maximum atomic E-state index is 11.6. The van der Waals surface area contributed by atoms with Crippen molar-refractivity contribution in [3.05, 3.63) is 63.7 Å². The van der Waals surface area contributed by atoms with Crippen molar-refractivity contribution in [1.29, 1.82) is 0 Å². The van der Waals surface area contributed by atoms with Crippen molar-refractivity contribution in [1.82, 2.24) is 40.0 Å². The second-order valence-electron chi connectivity index (χ2n) is 8.03. The van der Waals surface area contributed by atoms with Crippen molar-refractivity contribution >= 4 is 5.82 Å². The molecule has 1 unspecified atom stereocenters. The van der Waals surface area contributed by atoms with Crippen LogP contribution >= 0.6 is 0 Å². The molecular weight excluding hydrogens is 422 g/mol. The molecule has 11 nitrogen and oxygen atoms in total. The number of nitro groups is 1. The molecule has 3 aromatic heterocycles. The van der Waals surface area contributed by atoms with Crippen molar-refractivity contribution in [2.45, 2.75) is 58.9 Å². The number of nitrogens with zero attached hydrogens (tertiary/aromatic N) is 8. The van der Waals surface area contributed by atoms with Crippen LogP contribution in [-0.4, -0.2) is 44.9 Å². The predicted octanol–water partition coefficient (Wildman–Crippen LogP) is 4.06. The zero-order valence-electron chi connectivity index (χ0n) is 19.0. The van der Waals surface area contributed by atoms with Crippen LogP contribution in [0.5, 0.6) is 0 Å². The Kier molecular flexibility index (Phi) is 6.57. The van der Waals surface area contributed by atoms with Gasteiger partial charge >= 0.3 is 5.82 Å².